The van der Waals surface area contributed by atoms with E-state index in [2.05, 4.69) is 20.7 Å². The van der Waals surface area contributed by atoms with Crippen molar-refractivity contribution in [1.82, 2.24) is 20.1 Å². The van der Waals surface area contributed by atoms with Crippen LogP contribution in [0, 0.1) is 20.8 Å². The average Bonchev–Trinajstić information content (AvgIpc) is 2.95. The summed E-state index contributed by atoms with van der Waals surface area (Å²) in [6, 6.07) is 11.7. The van der Waals surface area contributed by atoms with E-state index in [1.807, 2.05) is 64.1 Å². The van der Waals surface area contributed by atoms with Gasteiger partial charge in [0.05, 0.1) is 11.2 Å². The molecule has 6 heteroatoms. The third-order valence-corrected chi connectivity index (χ3v) is 4.37. The monoisotopic (exact) mass is 351 g/mol. The number of benzene rings is 1. The summed E-state index contributed by atoms with van der Waals surface area (Å²) >= 11 is 0. The SMILES string of the molecule is Cc1cc(NCCNC(=O)[C@H](C)n2nc(C)cc2C)c2ccccc2n1. The van der Waals surface area contributed by atoms with Crippen molar-refractivity contribution in [1.29, 1.82) is 0 Å². The molecule has 0 bridgehead atoms. The summed E-state index contributed by atoms with van der Waals surface area (Å²) < 4.78 is 1.76. The zero-order chi connectivity index (χ0) is 18.7. The van der Waals surface area contributed by atoms with Gasteiger partial charge in [-0.2, -0.15) is 5.10 Å². The van der Waals surface area contributed by atoms with Crippen molar-refractivity contribution in [2.75, 3.05) is 18.4 Å². The zero-order valence-corrected chi connectivity index (χ0v) is 15.7. The molecule has 0 aliphatic rings. The highest BCUT2D eigenvalue weighted by Gasteiger charge is 2.17. The molecule has 0 fully saturated rings. The Morgan fingerprint density at radius 1 is 1.12 bits per heavy atom. The molecule has 1 aromatic carbocycles. The Morgan fingerprint density at radius 3 is 2.62 bits per heavy atom. The number of nitrogens with one attached hydrogen (secondary N) is 2. The first-order chi connectivity index (χ1) is 12.5. The predicted molar refractivity (Wildman–Crippen MR) is 104 cm³/mol. The summed E-state index contributed by atoms with van der Waals surface area (Å²) in [5.41, 5.74) is 4.88. The molecule has 136 valence electrons. The Hall–Kier alpha value is -2.89. The molecule has 0 aliphatic heterocycles. The number of carbonyl (C=O) groups is 1. The first kappa shape index (κ1) is 17.9. The molecule has 2 N–H and O–H groups in total. The molecule has 3 aromatic rings. The van der Waals surface area contributed by atoms with Crippen LogP contribution in [0.1, 0.15) is 30.0 Å². The van der Waals surface area contributed by atoms with Gasteiger partial charge < -0.3 is 10.6 Å². The summed E-state index contributed by atoms with van der Waals surface area (Å²) in [6.07, 6.45) is 0. The highest BCUT2D eigenvalue weighted by Crippen LogP contribution is 2.22. The lowest BCUT2D eigenvalue weighted by Crippen LogP contribution is -2.35. The van der Waals surface area contributed by atoms with Crippen LogP contribution in [0.5, 0.6) is 0 Å². The van der Waals surface area contributed by atoms with E-state index >= 15 is 0 Å². The maximum Gasteiger partial charge on any atom is 0.244 e. The molecule has 3 rings (SSSR count). The molecular weight excluding hydrogens is 326 g/mol. The summed E-state index contributed by atoms with van der Waals surface area (Å²) in [5, 5.41) is 11.8. The van der Waals surface area contributed by atoms with Gasteiger partial charge in [0.15, 0.2) is 0 Å². The molecule has 1 amide bonds. The number of fused-ring (bicyclic) bond motifs is 1. The maximum absolute atomic E-state index is 12.4. The fourth-order valence-electron chi connectivity index (χ4n) is 3.13. The van der Waals surface area contributed by atoms with Crippen molar-refractivity contribution in [2.24, 2.45) is 0 Å². The van der Waals surface area contributed by atoms with E-state index in [-0.39, 0.29) is 11.9 Å². The zero-order valence-electron chi connectivity index (χ0n) is 15.7. The van der Waals surface area contributed by atoms with Crippen molar-refractivity contribution in [3.63, 3.8) is 0 Å². The number of hydrogen-bond donors (Lipinski definition) is 2. The largest absolute Gasteiger partial charge is 0.383 e. The Kier molecular flexibility index (Phi) is 5.21. The van der Waals surface area contributed by atoms with Crippen molar-refractivity contribution < 1.29 is 4.79 Å². The van der Waals surface area contributed by atoms with Crippen molar-refractivity contribution in [3.8, 4) is 0 Å². The number of para-hydroxylation sites is 1. The fraction of sp³-hybridized carbons (Fsp3) is 0.350. The Labute approximate surface area is 153 Å². The number of hydrogen-bond acceptors (Lipinski definition) is 4. The summed E-state index contributed by atoms with van der Waals surface area (Å²) in [6.45, 7) is 8.92. The van der Waals surface area contributed by atoms with Crippen molar-refractivity contribution in [2.45, 2.75) is 33.7 Å². The molecule has 0 radical (unpaired) electrons. The molecule has 26 heavy (non-hydrogen) atoms. The number of aryl methyl sites for hydroxylation is 3. The van der Waals surface area contributed by atoms with E-state index in [4.69, 9.17) is 0 Å². The Bertz CT molecular complexity index is 931. The van der Waals surface area contributed by atoms with E-state index in [0.717, 1.165) is 33.7 Å². The third kappa shape index (κ3) is 3.85. The minimum atomic E-state index is -0.326. The maximum atomic E-state index is 12.4. The van der Waals surface area contributed by atoms with Crippen LogP contribution in [0.15, 0.2) is 36.4 Å². The molecule has 0 aliphatic carbocycles. The number of amides is 1. The number of aromatic nitrogens is 3. The van der Waals surface area contributed by atoms with Crippen LogP contribution in [0.4, 0.5) is 5.69 Å². The molecule has 0 saturated carbocycles. The molecule has 0 spiro atoms. The molecule has 2 heterocycles. The molecule has 6 nitrogen and oxygen atoms in total. The van der Waals surface area contributed by atoms with E-state index in [0.29, 0.717) is 13.1 Å². The van der Waals surface area contributed by atoms with Gasteiger partial charge in [-0.15, -0.1) is 0 Å². The minimum absolute atomic E-state index is 0.0335. The van der Waals surface area contributed by atoms with Gasteiger partial charge in [-0.05, 0) is 45.9 Å². The van der Waals surface area contributed by atoms with Crippen molar-refractivity contribution in [3.05, 3.63) is 53.5 Å². The van der Waals surface area contributed by atoms with Gasteiger partial charge in [-0.1, -0.05) is 18.2 Å². The topological polar surface area (TPSA) is 71.8 Å². The van der Waals surface area contributed by atoms with Crippen LogP contribution >= 0.6 is 0 Å². The van der Waals surface area contributed by atoms with Gasteiger partial charge in [0.25, 0.3) is 0 Å². The number of pyridine rings is 1. The second-order valence-corrected chi connectivity index (χ2v) is 6.59. The minimum Gasteiger partial charge on any atom is -0.383 e. The van der Waals surface area contributed by atoms with Gasteiger partial charge >= 0.3 is 0 Å². The van der Waals surface area contributed by atoms with Gasteiger partial charge in [0.2, 0.25) is 5.91 Å². The first-order valence-electron chi connectivity index (χ1n) is 8.86. The normalized spacial score (nSPS) is 12.2. The van der Waals surface area contributed by atoms with E-state index < -0.39 is 0 Å². The van der Waals surface area contributed by atoms with E-state index in [9.17, 15) is 4.79 Å². The lowest BCUT2D eigenvalue weighted by molar-refractivity contribution is -0.124. The predicted octanol–water partition coefficient (Wildman–Crippen LogP) is 3.15. The molecule has 0 saturated heterocycles. The second kappa shape index (κ2) is 7.56. The number of nitrogens with zero attached hydrogens (tertiary/aromatic N) is 3. The van der Waals surface area contributed by atoms with Crippen LogP contribution in [0.3, 0.4) is 0 Å². The quantitative estimate of drug-likeness (QED) is 0.669. The molecule has 0 unspecified atom stereocenters. The number of carbonyl (C=O) groups excluding carboxylic acids is 1. The Balaban J connectivity index is 1.57. The molecule has 2 aromatic heterocycles. The summed E-state index contributed by atoms with van der Waals surface area (Å²) in [4.78, 5) is 16.9. The lowest BCUT2D eigenvalue weighted by Gasteiger charge is -2.15. The summed E-state index contributed by atoms with van der Waals surface area (Å²) in [5.74, 6) is -0.0335. The Morgan fingerprint density at radius 2 is 1.88 bits per heavy atom. The number of anilines is 1. The van der Waals surface area contributed by atoms with Crippen LogP contribution < -0.4 is 10.6 Å². The van der Waals surface area contributed by atoms with Crippen molar-refractivity contribution >= 4 is 22.5 Å². The third-order valence-electron chi connectivity index (χ3n) is 4.37. The first-order valence-corrected chi connectivity index (χ1v) is 8.86. The van der Waals surface area contributed by atoms with Gasteiger partial charge in [0.1, 0.15) is 6.04 Å². The van der Waals surface area contributed by atoms with Crippen LogP contribution in [-0.2, 0) is 4.79 Å². The van der Waals surface area contributed by atoms with Gasteiger partial charge in [-0.3, -0.25) is 14.5 Å². The van der Waals surface area contributed by atoms with E-state index in [1.54, 1.807) is 4.68 Å². The average molecular weight is 351 g/mol. The van der Waals surface area contributed by atoms with Crippen LogP contribution in [0.25, 0.3) is 10.9 Å². The molecular formula is C20H25N5O. The highest BCUT2D eigenvalue weighted by atomic mass is 16.2. The second-order valence-electron chi connectivity index (χ2n) is 6.59. The van der Waals surface area contributed by atoms with Crippen LogP contribution in [0.2, 0.25) is 0 Å². The lowest BCUT2D eigenvalue weighted by atomic mass is 10.1. The summed E-state index contributed by atoms with van der Waals surface area (Å²) in [7, 11) is 0. The smallest absolute Gasteiger partial charge is 0.244 e. The fourth-order valence-corrected chi connectivity index (χ4v) is 3.13. The van der Waals surface area contributed by atoms with Gasteiger partial charge in [-0.25, -0.2) is 0 Å². The highest BCUT2D eigenvalue weighted by molar-refractivity contribution is 5.91. The van der Waals surface area contributed by atoms with Crippen LogP contribution in [-0.4, -0.2) is 33.8 Å². The standard InChI is InChI=1S/C20H25N5O/c1-13-12-19(17-7-5-6-8-18(17)23-13)21-9-10-22-20(26)16(4)25-15(3)11-14(2)24-25/h5-8,11-12,16H,9-10H2,1-4H3,(H,21,23)(H,22,26)/t16-/m0/s1. The number of rotatable bonds is 6. The molecule has 1 atom stereocenters. The van der Waals surface area contributed by atoms with Gasteiger partial charge in [0, 0.05) is 35.6 Å². The van der Waals surface area contributed by atoms with E-state index in [1.165, 1.54) is 0 Å².